The van der Waals surface area contributed by atoms with Crippen molar-refractivity contribution in [2.45, 2.75) is 43.9 Å². The molecule has 1 spiro atoms. The minimum absolute atomic E-state index is 0.0312. The van der Waals surface area contributed by atoms with Gasteiger partial charge in [-0.1, -0.05) is 25.7 Å². The molecular formula is C19H23N3O4SSi. The largest absolute Gasteiger partial charge is 0.476 e. The summed E-state index contributed by atoms with van der Waals surface area (Å²) in [6.45, 7) is 7.69. The highest BCUT2D eigenvalue weighted by Crippen LogP contribution is 2.50. The maximum absolute atomic E-state index is 13.4. The third kappa shape index (κ3) is 3.17. The maximum Gasteiger partial charge on any atom is 0.365 e. The molecule has 1 atom stereocenters. The lowest BCUT2D eigenvalue weighted by molar-refractivity contribution is -0.124. The lowest BCUT2D eigenvalue weighted by Gasteiger charge is -2.23. The first-order valence-corrected chi connectivity index (χ1v) is 13.8. The van der Waals surface area contributed by atoms with Gasteiger partial charge in [0.25, 0.3) is 0 Å². The Bertz CT molecular complexity index is 929. The second-order valence-electron chi connectivity index (χ2n) is 8.59. The molecule has 1 aliphatic carbocycles. The number of nitrogens with zero attached hydrogens (tertiary/aromatic N) is 3. The molecule has 148 valence electrons. The number of rotatable bonds is 6. The first-order chi connectivity index (χ1) is 13.2. The number of thiazole rings is 1. The molecular weight excluding hydrogens is 394 g/mol. The summed E-state index contributed by atoms with van der Waals surface area (Å²) in [5.74, 6) is -0.406. The van der Waals surface area contributed by atoms with Gasteiger partial charge in [-0.05, 0) is 12.1 Å². The van der Waals surface area contributed by atoms with E-state index in [2.05, 4.69) is 29.6 Å². The first-order valence-electron chi connectivity index (χ1n) is 9.28. The molecule has 1 unspecified atom stereocenters. The predicted molar refractivity (Wildman–Crippen MR) is 109 cm³/mol. The van der Waals surface area contributed by atoms with Gasteiger partial charge in [0.2, 0.25) is 10.9 Å². The number of carbonyl (C=O) groups excluding carboxylic acids is 1. The van der Waals surface area contributed by atoms with E-state index in [1.807, 2.05) is 12.1 Å². The van der Waals surface area contributed by atoms with Gasteiger partial charge in [-0.25, -0.2) is 14.8 Å². The van der Waals surface area contributed by atoms with Gasteiger partial charge in [0.15, 0.2) is 0 Å². The number of carbonyl (C=O) groups is 2. The van der Waals surface area contributed by atoms with E-state index in [0.29, 0.717) is 31.0 Å². The molecule has 0 radical (unpaired) electrons. The summed E-state index contributed by atoms with van der Waals surface area (Å²) in [5.41, 5.74) is 0.861. The number of anilines is 1. The van der Waals surface area contributed by atoms with Crippen LogP contribution >= 0.6 is 11.3 Å². The van der Waals surface area contributed by atoms with E-state index in [4.69, 9.17) is 4.74 Å². The van der Waals surface area contributed by atoms with Gasteiger partial charge in [-0.2, -0.15) is 0 Å². The molecule has 0 aromatic carbocycles. The summed E-state index contributed by atoms with van der Waals surface area (Å²) in [6, 6.07) is 4.82. The number of carboxylic acid groups (broad SMARTS) is 1. The van der Waals surface area contributed by atoms with E-state index < -0.39 is 19.5 Å². The summed E-state index contributed by atoms with van der Waals surface area (Å²) in [7, 11) is -1.20. The third-order valence-electron chi connectivity index (χ3n) is 5.32. The molecule has 2 aromatic rings. The Morgan fingerprint density at radius 2 is 2.18 bits per heavy atom. The monoisotopic (exact) mass is 417 g/mol. The van der Waals surface area contributed by atoms with Gasteiger partial charge in [0.1, 0.15) is 12.5 Å². The minimum Gasteiger partial charge on any atom is -0.476 e. The van der Waals surface area contributed by atoms with Crippen molar-refractivity contribution in [2.75, 3.05) is 18.2 Å². The van der Waals surface area contributed by atoms with Crippen molar-refractivity contribution in [1.29, 1.82) is 0 Å². The number of amides is 1. The summed E-state index contributed by atoms with van der Waals surface area (Å²) in [6.07, 6.45) is 2.57. The fraction of sp³-hybridized carbons (Fsp3) is 0.474. The number of carboxylic acids is 1. The summed E-state index contributed by atoms with van der Waals surface area (Å²) < 4.78 is 5.84. The smallest absolute Gasteiger partial charge is 0.365 e. The van der Waals surface area contributed by atoms with E-state index >= 15 is 0 Å². The second-order valence-corrected chi connectivity index (χ2v) is 15.3. The van der Waals surface area contributed by atoms with Crippen LogP contribution in [0.2, 0.25) is 25.7 Å². The van der Waals surface area contributed by atoms with Gasteiger partial charge in [0, 0.05) is 44.2 Å². The van der Waals surface area contributed by atoms with Gasteiger partial charge >= 0.3 is 5.97 Å². The molecule has 0 bridgehead atoms. The highest BCUT2D eigenvalue weighted by Gasteiger charge is 2.55. The molecule has 1 aliphatic heterocycles. The lowest BCUT2D eigenvalue weighted by atomic mass is 9.80. The SMILES string of the molecule is C[Si](C)(C)CCOCN1C(=O)C2(Cc3nc(C(=O)O)sc3C2)c2cccnc21. The second kappa shape index (κ2) is 6.75. The molecule has 0 fully saturated rings. The summed E-state index contributed by atoms with van der Waals surface area (Å²) >= 11 is 1.16. The average Bonchev–Trinajstić information content (AvgIpc) is 3.23. The zero-order chi connectivity index (χ0) is 20.1. The Morgan fingerprint density at radius 3 is 2.86 bits per heavy atom. The van der Waals surface area contributed by atoms with Crippen LogP contribution in [0.1, 0.15) is 25.9 Å². The van der Waals surface area contributed by atoms with Crippen LogP contribution in [0.3, 0.4) is 0 Å². The Morgan fingerprint density at radius 1 is 1.39 bits per heavy atom. The molecule has 0 saturated carbocycles. The Hall–Kier alpha value is -2.10. The zero-order valence-corrected chi connectivity index (χ0v) is 18.0. The molecule has 2 aromatic heterocycles. The average molecular weight is 418 g/mol. The fourth-order valence-electron chi connectivity index (χ4n) is 3.82. The number of aromatic nitrogens is 2. The van der Waals surface area contributed by atoms with Crippen LogP contribution < -0.4 is 4.90 Å². The number of fused-ring (bicyclic) bond motifs is 3. The Kier molecular flexibility index (Phi) is 4.63. The Balaban J connectivity index is 1.57. The molecule has 2 aliphatic rings. The van der Waals surface area contributed by atoms with Crippen molar-refractivity contribution in [3.05, 3.63) is 39.5 Å². The van der Waals surface area contributed by atoms with Crippen molar-refractivity contribution < 1.29 is 19.4 Å². The predicted octanol–water partition coefficient (Wildman–Crippen LogP) is 2.93. The molecule has 4 rings (SSSR count). The van der Waals surface area contributed by atoms with Crippen LogP contribution in [0.15, 0.2) is 18.3 Å². The number of aromatic carboxylic acids is 1. The highest BCUT2D eigenvalue weighted by atomic mass is 32.1. The van der Waals surface area contributed by atoms with Crippen molar-refractivity contribution >= 4 is 37.1 Å². The number of ether oxygens (including phenoxy) is 1. The molecule has 28 heavy (non-hydrogen) atoms. The van der Waals surface area contributed by atoms with E-state index in [0.717, 1.165) is 27.8 Å². The quantitative estimate of drug-likeness (QED) is 0.574. The molecule has 1 N–H and O–H groups in total. The molecule has 7 nitrogen and oxygen atoms in total. The summed E-state index contributed by atoms with van der Waals surface area (Å²) in [4.78, 5) is 35.8. The van der Waals surface area contributed by atoms with Crippen LogP contribution in [0.5, 0.6) is 0 Å². The fourth-order valence-corrected chi connectivity index (χ4v) is 5.61. The van der Waals surface area contributed by atoms with Crippen LogP contribution in [-0.2, 0) is 27.8 Å². The van der Waals surface area contributed by atoms with Gasteiger partial charge in [-0.3, -0.25) is 9.69 Å². The molecule has 9 heteroatoms. The van der Waals surface area contributed by atoms with Crippen molar-refractivity contribution in [3.63, 3.8) is 0 Å². The van der Waals surface area contributed by atoms with Crippen molar-refractivity contribution in [1.82, 2.24) is 9.97 Å². The van der Waals surface area contributed by atoms with Crippen LogP contribution in [-0.4, -0.2) is 48.4 Å². The third-order valence-corrected chi connectivity index (χ3v) is 8.11. The lowest BCUT2D eigenvalue weighted by Crippen LogP contribution is -2.42. The number of hydrogen-bond donors (Lipinski definition) is 1. The van der Waals surface area contributed by atoms with Gasteiger partial charge in [-0.15, -0.1) is 11.3 Å². The van der Waals surface area contributed by atoms with Crippen molar-refractivity contribution in [2.24, 2.45) is 0 Å². The van der Waals surface area contributed by atoms with Crippen molar-refractivity contribution in [3.8, 4) is 0 Å². The van der Waals surface area contributed by atoms with Crippen LogP contribution in [0.25, 0.3) is 0 Å². The number of pyridine rings is 1. The van der Waals surface area contributed by atoms with Crippen LogP contribution in [0.4, 0.5) is 5.82 Å². The topological polar surface area (TPSA) is 92.6 Å². The molecule has 3 heterocycles. The van der Waals surface area contributed by atoms with Crippen LogP contribution in [0, 0.1) is 0 Å². The maximum atomic E-state index is 13.4. The first kappa shape index (κ1) is 19.2. The van der Waals surface area contributed by atoms with E-state index in [1.54, 1.807) is 11.1 Å². The zero-order valence-electron chi connectivity index (χ0n) is 16.2. The van der Waals surface area contributed by atoms with Gasteiger partial charge < -0.3 is 9.84 Å². The molecule has 0 saturated heterocycles. The highest BCUT2D eigenvalue weighted by molar-refractivity contribution is 7.13. The van der Waals surface area contributed by atoms with E-state index in [9.17, 15) is 14.7 Å². The summed E-state index contributed by atoms with van der Waals surface area (Å²) in [5, 5.41) is 9.26. The minimum atomic E-state index is -1.20. The normalized spacial score (nSPS) is 20.7. The Labute approximate surface area is 168 Å². The van der Waals surface area contributed by atoms with E-state index in [1.165, 1.54) is 0 Å². The molecule has 1 amide bonds. The number of hydrogen-bond acceptors (Lipinski definition) is 6. The van der Waals surface area contributed by atoms with Gasteiger partial charge in [0.05, 0.1) is 11.1 Å². The standard InChI is InChI=1S/C19H23N3O4SSi/c1-28(2,3)8-7-26-11-22-15-12(5-4-6-20-15)19(18(22)25)9-13-14(10-19)27-16(21-13)17(23)24/h4-6H,7-11H2,1-3H3,(H,23,24). The van der Waals surface area contributed by atoms with E-state index in [-0.39, 0.29) is 17.6 Å².